The van der Waals surface area contributed by atoms with Gasteiger partial charge < -0.3 is 19.3 Å². The lowest BCUT2D eigenvalue weighted by Crippen LogP contribution is -2.21. The minimum absolute atomic E-state index is 0.0906. The minimum atomic E-state index is -1.78. The van der Waals surface area contributed by atoms with Gasteiger partial charge in [0.15, 0.2) is 0 Å². The van der Waals surface area contributed by atoms with Gasteiger partial charge in [-0.3, -0.25) is 5.32 Å². The maximum Gasteiger partial charge on any atom is 0.411 e. The van der Waals surface area contributed by atoms with Crippen molar-refractivity contribution in [3.05, 3.63) is 41.3 Å². The third-order valence-corrected chi connectivity index (χ3v) is 5.36. The molecule has 11 heteroatoms. The molecule has 0 spiro atoms. The topological polar surface area (TPSA) is 89.9 Å². The highest BCUT2D eigenvalue weighted by atomic mass is 35.6. The number of aryl methyl sites for hydroxylation is 1. The quantitative estimate of drug-likeness (QED) is 0.476. The molecule has 1 saturated heterocycles. The summed E-state index contributed by atoms with van der Waals surface area (Å²) >= 11 is 16.7. The van der Waals surface area contributed by atoms with Gasteiger partial charge in [0.1, 0.15) is 19.0 Å². The van der Waals surface area contributed by atoms with Gasteiger partial charge in [0.05, 0.1) is 12.3 Å². The molecule has 2 heterocycles. The Kier molecular flexibility index (Phi) is 9.01. The molecule has 0 aliphatic carbocycles. The molecule has 0 radical (unpaired) electrons. The molecule has 0 unspecified atom stereocenters. The molecule has 1 fully saturated rings. The fraction of sp³-hybridized carbons (Fsp3) is 0.455. The van der Waals surface area contributed by atoms with Gasteiger partial charge in [-0.25, -0.2) is 14.2 Å². The lowest BCUT2D eigenvalue weighted by Gasteiger charge is -2.23. The minimum Gasteiger partial charge on any atom is -0.475 e. The molecule has 3 rings (SSSR count). The number of benzene rings is 1. The molecule has 1 aromatic heterocycles. The fourth-order valence-corrected chi connectivity index (χ4v) is 3.64. The molecule has 180 valence electrons. The predicted molar refractivity (Wildman–Crippen MR) is 125 cm³/mol. The largest absolute Gasteiger partial charge is 0.475 e. The molecule has 1 aliphatic rings. The number of pyridine rings is 1. The molecule has 2 aromatic rings. The van der Waals surface area contributed by atoms with Crippen LogP contribution in [0.1, 0.15) is 30.0 Å². The van der Waals surface area contributed by atoms with Gasteiger partial charge in [-0.1, -0.05) is 34.8 Å². The monoisotopic (exact) mass is 520 g/mol. The second-order valence-electron chi connectivity index (χ2n) is 7.54. The number of aromatic nitrogens is 1. The molecule has 33 heavy (non-hydrogen) atoms. The second kappa shape index (κ2) is 11.5. The van der Waals surface area contributed by atoms with Crippen LogP contribution in [0.3, 0.4) is 0 Å². The first-order chi connectivity index (χ1) is 15.7. The number of hydrogen-bond acceptors (Lipinski definition) is 6. The van der Waals surface area contributed by atoms with E-state index in [1.54, 1.807) is 13.0 Å². The van der Waals surface area contributed by atoms with Crippen molar-refractivity contribution in [2.75, 3.05) is 38.4 Å². The zero-order valence-electron chi connectivity index (χ0n) is 17.9. The van der Waals surface area contributed by atoms with Gasteiger partial charge in [-0.2, -0.15) is 0 Å². The highest BCUT2D eigenvalue weighted by Gasteiger charge is 2.23. The average molecular weight is 522 g/mol. The molecule has 1 aliphatic heterocycles. The molecule has 7 nitrogen and oxygen atoms in total. The Morgan fingerprint density at radius 2 is 2.00 bits per heavy atom. The maximum atomic E-state index is 14.6. The van der Waals surface area contributed by atoms with Crippen molar-refractivity contribution >= 4 is 46.6 Å². The zero-order valence-corrected chi connectivity index (χ0v) is 20.1. The van der Waals surface area contributed by atoms with Gasteiger partial charge in [-0.05, 0) is 54.7 Å². The molecule has 0 bridgehead atoms. The van der Waals surface area contributed by atoms with Crippen molar-refractivity contribution in [3.8, 4) is 17.0 Å². The Hall–Kier alpha value is -1.84. The highest BCUT2D eigenvalue weighted by Crippen LogP contribution is 2.35. The number of alkyl halides is 3. The number of aliphatic hydroxyl groups is 1. The summed E-state index contributed by atoms with van der Waals surface area (Å²) in [5.41, 5.74) is 2.77. The highest BCUT2D eigenvalue weighted by molar-refractivity contribution is 6.67. The third kappa shape index (κ3) is 7.58. The van der Waals surface area contributed by atoms with Crippen LogP contribution in [-0.2, 0) is 9.47 Å². The summed E-state index contributed by atoms with van der Waals surface area (Å²) in [4.78, 5) is 16.6. The van der Waals surface area contributed by atoms with E-state index in [9.17, 15) is 9.18 Å². The van der Waals surface area contributed by atoms with E-state index in [4.69, 9.17) is 54.1 Å². The number of rotatable bonds is 7. The van der Waals surface area contributed by atoms with Gasteiger partial charge in [0.2, 0.25) is 9.67 Å². The van der Waals surface area contributed by atoms with Gasteiger partial charge >= 0.3 is 6.09 Å². The number of ether oxygens (including phenoxy) is 3. The van der Waals surface area contributed by atoms with Crippen LogP contribution in [0, 0.1) is 12.7 Å². The summed E-state index contributed by atoms with van der Waals surface area (Å²) in [7, 11) is 0. The van der Waals surface area contributed by atoms with Gasteiger partial charge in [0.25, 0.3) is 0 Å². The summed E-state index contributed by atoms with van der Waals surface area (Å²) in [6, 6.07) is 6.44. The zero-order chi connectivity index (χ0) is 24.0. The first-order valence-corrected chi connectivity index (χ1v) is 11.4. The summed E-state index contributed by atoms with van der Waals surface area (Å²) in [6.07, 6.45) is 0.680. The van der Waals surface area contributed by atoms with E-state index < -0.39 is 22.3 Å². The Balaban J connectivity index is 1.93. The molecule has 1 amide bonds. The van der Waals surface area contributed by atoms with Crippen molar-refractivity contribution in [1.82, 2.24) is 4.98 Å². The van der Waals surface area contributed by atoms with Crippen LogP contribution in [-0.4, -0.2) is 53.0 Å². The first-order valence-electron chi connectivity index (χ1n) is 10.3. The summed E-state index contributed by atoms with van der Waals surface area (Å²) in [5, 5.41) is 11.5. The standard InChI is InChI=1S/C22H24Cl3FN2O5/c1-13-8-17(26)19(28-21(30)33-12-22(23,24)25)11-16(13)15-9-18(14-2-5-31-6-3-14)27-20(10-15)32-7-4-29/h8-11,14,29H,2-7,12H2,1H3,(H,28,30). The van der Waals surface area contributed by atoms with E-state index in [0.717, 1.165) is 24.1 Å². The first kappa shape index (κ1) is 25.8. The van der Waals surface area contributed by atoms with E-state index >= 15 is 0 Å². The van der Waals surface area contributed by atoms with Gasteiger partial charge in [-0.15, -0.1) is 0 Å². The van der Waals surface area contributed by atoms with Crippen LogP contribution >= 0.6 is 34.8 Å². The second-order valence-corrected chi connectivity index (χ2v) is 10.1. The Morgan fingerprint density at radius 1 is 1.27 bits per heavy atom. The van der Waals surface area contributed by atoms with Crippen LogP contribution in [0.2, 0.25) is 0 Å². The summed E-state index contributed by atoms with van der Waals surface area (Å²) in [5.74, 6) is -0.105. The van der Waals surface area contributed by atoms with Crippen molar-refractivity contribution in [1.29, 1.82) is 0 Å². The van der Waals surface area contributed by atoms with Crippen LogP contribution in [0.15, 0.2) is 24.3 Å². The lowest BCUT2D eigenvalue weighted by atomic mass is 9.92. The lowest BCUT2D eigenvalue weighted by molar-refractivity contribution is 0.0843. The molecular formula is C22H24Cl3FN2O5. The fourth-order valence-electron chi connectivity index (χ4n) is 3.48. The SMILES string of the molecule is Cc1cc(F)c(NC(=O)OCC(Cl)(Cl)Cl)cc1-c1cc(OCCO)nc(C2CCOCC2)c1. The van der Waals surface area contributed by atoms with E-state index in [-0.39, 0.29) is 24.8 Å². The number of amides is 1. The summed E-state index contributed by atoms with van der Waals surface area (Å²) < 4.78 is 28.6. The van der Waals surface area contributed by atoms with E-state index in [1.807, 2.05) is 6.07 Å². The van der Waals surface area contributed by atoms with E-state index in [1.165, 1.54) is 12.1 Å². The Bertz CT molecular complexity index is 981. The number of halogens is 4. The van der Waals surface area contributed by atoms with Crippen molar-refractivity contribution < 1.29 is 28.5 Å². The van der Waals surface area contributed by atoms with Crippen molar-refractivity contribution in [3.63, 3.8) is 0 Å². The number of carbonyl (C=O) groups excluding carboxylic acids is 1. The van der Waals surface area contributed by atoms with Crippen LogP contribution in [0.5, 0.6) is 5.88 Å². The van der Waals surface area contributed by atoms with Crippen molar-refractivity contribution in [2.45, 2.75) is 29.5 Å². The number of aliphatic hydroxyl groups excluding tert-OH is 1. The molecule has 1 aromatic carbocycles. The molecular weight excluding hydrogens is 498 g/mol. The number of anilines is 1. The van der Waals surface area contributed by atoms with Crippen LogP contribution < -0.4 is 10.1 Å². The van der Waals surface area contributed by atoms with E-state index in [2.05, 4.69) is 10.3 Å². The Labute approximate surface area is 206 Å². The van der Waals surface area contributed by atoms with Crippen molar-refractivity contribution in [2.24, 2.45) is 0 Å². The Morgan fingerprint density at radius 3 is 2.67 bits per heavy atom. The smallest absolute Gasteiger partial charge is 0.411 e. The number of nitrogens with one attached hydrogen (secondary N) is 1. The number of hydrogen-bond donors (Lipinski definition) is 2. The number of nitrogens with zero attached hydrogens (tertiary/aromatic N) is 1. The maximum absolute atomic E-state index is 14.6. The van der Waals surface area contributed by atoms with E-state index in [0.29, 0.717) is 30.2 Å². The average Bonchev–Trinajstić information content (AvgIpc) is 2.78. The molecule has 0 saturated carbocycles. The predicted octanol–water partition coefficient (Wildman–Crippen LogP) is 5.38. The number of carbonyl (C=O) groups is 1. The molecule has 2 N–H and O–H groups in total. The normalized spacial score (nSPS) is 14.7. The van der Waals surface area contributed by atoms with Gasteiger partial charge in [0, 0.05) is 30.9 Å². The molecule has 0 atom stereocenters. The third-order valence-electron chi connectivity index (χ3n) is 5.03. The van der Waals surface area contributed by atoms with Crippen LogP contribution in [0.4, 0.5) is 14.9 Å². The van der Waals surface area contributed by atoms with Crippen LogP contribution in [0.25, 0.3) is 11.1 Å². The summed E-state index contributed by atoms with van der Waals surface area (Å²) in [6.45, 7) is 2.49.